The molecule has 0 saturated heterocycles. The van der Waals surface area contributed by atoms with Crippen molar-refractivity contribution in [3.8, 4) is 11.5 Å². The Morgan fingerprint density at radius 2 is 0.875 bits per heavy atom. The number of nitrogens with one attached hydrogen (secondary N) is 8. The van der Waals surface area contributed by atoms with E-state index in [-0.39, 0.29) is 125 Å². The first-order valence-corrected chi connectivity index (χ1v) is 30.1. The zero-order valence-electron chi connectivity index (χ0n) is 52.9. The number of nitro groups is 2. The molecule has 0 radical (unpaired) electrons. The van der Waals surface area contributed by atoms with Crippen LogP contribution in [-0.4, -0.2) is 155 Å². The third-order valence-electron chi connectivity index (χ3n) is 14.2. The van der Waals surface area contributed by atoms with Gasteiger partial charge in [0.2, 0.25) is 35.4 Å². The van der Waals surface area contributed by atoms with Crippen molar-refractivity contribution in [2.75, 3.05) is 49.9 Å². The summed E-state index contributed by atoms with van der Waals surface area (Å²) in [5.74, 6) is -6.29. The molecule has 0 aromatic heterocycles. The molecule has 12 N–H and O–H groups in total. The third-order valence-corrected chi connectivity index (χ3v) is 14.2. The molecule has 4 aromatic carbocycles. The number of imide groups is 1. The maximum Gasteiger partial charge on any atom is 0.514 e. The van der Waals surface area contributed by atoms with Crippen LogP contribution in [0.1, 0.15) is 77.3 Å². The van der Waals surface area contributed by atoms with Gasteiger partial charge in [0.1, 0.15) is 48.9 Å². The summed E-state index contributed by atoms with van der Waals surface area (Å²) in [6, 6.07) is 15.2. The Balaban J connectivity index is 1.18. The lowest BCUT2D eigenvalue weighted by Gasteiger charge is -2.27. The summed E-state index contributed by atoms with van der Waals surface area (Å²) >= 11 is 0. The SMILES string of the molecule is CC(C)[C@H](NC(=O)CCN(CCC(=O)N[C@H](C(=O)N[C@@H](CCCNC(N)=O)C(=O)Nc1ccc(COC(=O)Oc2ccc([N+](=O)[O-])cc2)cc1)C(C)C)CCN1C(=O)C=CC1=O)C(=O)N[C@@H](CCCNC(N)=O)C(=O)Nc1ccc(COC(=O)Oc2ccc([N+](=O)[O-])cc2)cc1. The highest BCUT2D eigenvalue weighted by molar-refractivity contribution is 6.13. The van der Waals surface area contributed by atoms with Gasteiger partial charge in [-0.1, -0.05) is 52.0 Å². The van der Waals surface area contributed by atoms with Crippen LogP contribution in [0.2, 0.25) is 0 Å². The van der Waals surface area contributed by atoms with Gasteiger partial charge in [0.05, 0.1) is 9.85 Å². The summed E-state index contributed by atoms with van der Waals surface area (Å²) in [5, 5.41) is 42.9. The first-order chi connectivity index (χ1) is 45.6. The molecule has 1 aliphatic rings. The smallest absolute Gasteiger partial charge is 0.429 e. The summed E-state index contributed by atoms with van der Waals surface area (Å²) in [7, 11) is 0. The second-order valence-corrected chi connectivity index (χ2v) is 22.2. The third kappa shape index (κ3) is 26.2. The molecule has 12 amide bonds. The van der Waals surface area contributed by atoms with E-state index in [2.05, 4.69) is 42.5 Å². The van der Waals surface area contributed by atoms with Crippen molar-refractivity contribution >= 4 is 94.4 Å². The number of nitro benzene ring substituents is 2. The topological polar surface area (TPSA) is 483 Å². The predicted molar refractivity (Wildman–Crippen MR) is 341 cm³/mol. The number of nitrogens with two attached hydrogens (primary N) is 2. The Bertz CT molecular complexity index is 3240. The summed E-state index contributed by atoms with van der Waals surface area (Å²) < 4.78 is 20.4. The molecule has 0 fully saturated rings. The van der Waals surface area contributed by atoms with Crippen molar-refractivity contribution in [2.24, 2.45) is 23.3 Å². The first-order valence-electron chi connectivity index (χ1n) is 30.1. The fraction of sp³-hybridized carbons (Fsp3) is 0.387. The Labute approximate surface area is 549 Å². The van der Waals surface area contributed by atoms with Crippen LogP contribution >= 0.6 is 0 Å². The lowest BCUT2D eigenvalue weighted by molar-refractivity contribution is -0.385. The highest BCUT2D eigenvalue weighted by Gasteiger charge is 2.32. The molecule has 96 heavy (non-hydrogen) atoms. The lowest BCUT2D eigenvalue weighted by atomic mass is 10.0. The van der Waals surface area contributed by atoms with Crippen LogP contribution in [0.5, 0.6) is 11.5 Å². The Morgan fingerprint density at radius 1 is 0.510 bits per heavy atom. The maximum atomic E-state index is 14.0. The van der Waals surface area contributed by atoms with E-state index in [1.807, 2.05) is 0 Å². The quantitative estimate of drug-likeness (QED) is 0.00769. The number of primary amides is 2. The van der Waals surface area contributed by atoms with Crippen molar-refractivity contribution in [1.29, 1.82) is 0 Å². The van der Waals surface area contributed by atoms with Crippen molar-refractivity contribution in [3.63, 3.8) is 0 Å². The van der Waals surface area contributed by atoms with E-state index in [9.17, 15) is 77.8 Å². The summed E-state index contributed by atoms with van der Waals surface area (Å²) in [6.07, 6.45) is -0.180. The Morgan fingerprint density at radius 3 is 1.21 bits per heavy atom. The minimum Gasteiger partial charge on any atom is -0.429 e. The fourth-order valence-electron chi connectivity index (χ4n) is 9.04. The van der Waals surface area contributed by atoms with Gasteiger partial charge >= 0.3 is 24.4 Å². The molecule has 4 atom stereocenters. The fourth-order valence-corrected chi connectivity index (χ4v) is 9.04. The van der Waals surface area contributed by atoms with Crippen LogP contribution in [0.15, 0.2) is 109 Å². The molecule has 0 unspecified atom stereocenters. The lowest BCUT2D eigenvalue weighted by Crippen LogP contribution is -2.55. The van der Waals surface area contributed by atoms with Gasteiger partial charge in [0, 0.05) is 99.9 Å². The van der Waals surface area contributed by atoms with E-state index in [0.29, 0.717) is 11.1 Å². The number of ether oxygens (including phenoxy) is 4. The van der Waals surface area contributed by atoms with Crippen molar-refractivity contribution in [1.82, 2.24) is 41.7 Å². The molecule has 0 bridgehead atoms. The van der Waals surface area contributed by atoms with E-state index in [4.69, 9.17) is 30.4 Å². The first kappa shape index (κ1) is 75.1. The van der Waals surface area contributed by atoms with Crippen LogP contribution in [0.25, 0.3) is 0 Å². The molecule has 0 spiro atoms. The summed E-state index contributed by atoms with van der Waals surface area (Å²) in [5.41, 5.74) is 11.6. The van der Waals surface area contributed by atoms with E-state index in [1.165, 1.54) is 48.5 Å². The van der Waals surface area contributed by atoms with Crippen molar-refractivity contribution in [3.05, 3.63) is 141 Å². The molecule has 1 heterocycles. The number of amides is 12. The van der Waals surface area contributed by atoms with Crippen LogP contribution < -0.4 is 63.5 Å². The van der Waals surface area contributed by atoms with Gasteiger partial charge in [-0.2, -0.15) is 0 Å². The number of nitrogens with zero attached hydrogens (tertiary/aromatic N) is 4. The molecule has 5 rings (SSSR count). The number of urea groups is 2. The highest BCUT2D eigenvalue weighted by Crippen LogP contribution is 2.21. The standard InChI is InChI=1S/C62H76N14O20/c1-37(2)53(57(83)69-47(7-5-29-65-59(63)85)55(81)67-41-13-9-39(10-14-41)35-93-61(87)95-45-21-17-43(18-22-45)75(89)90)71-49(77)27-31-73(33-34-74-51(79)25-26-52(74)80)32-28-50(78)72-54(38(3)4)58(84)70-48(8-6-30-66-60(64)86)56(82)68-42-15-11-40(12-16-42)36-94-62(88)96-46-23-19-44(20-24-46)76(91)92/h9-26,37-38,47-48,53-54H,5-8,27-36H2,1-4H3,(H,67,81)(H,68,82)(H,69,83)(H,70,84)(H,71,77)(H,72,78)(H3,63,65,85)(H3,64,66,86)/t47-,48-,53-,54-/m0/s1. The average Bonchev–Trinajstić information content (AvgIpc) is 2.24. The Kier molecular flexibility index (Phi) is 29.6. The summed E-state index contributed by atoms with van der Waals surface area (Å²) in [4.78, 5) is 179. The van der Waals surface area contributed by atoms with E-state index in [0.717, 1.165) is 41.3 Å². The van der Waals surface area contributed by atoms with Crippen LogP contribution in [0, 0.1) is 32.1 Å². The second kappa shape index (κ2) is 37.8. The number of carbonyl (C=O) groups is 12. The number of rotatable bonds is 37. The minimum atomic E-state index is -1.22. The second-order valence-electron chi connectivity index (χ2n) is 22.2. The molecule has 1 aliphatic heterocycles. The van der Waals surface area contributed by atoms with Crippen LogP contribution in [0.3, 0.4) is 0 Å². The van der Waals surface area contributed by atoms with Crippen LogP contribution in [-0.2, 0) is 61.0 Å². The molecule has 0 saturated carbocycles. The maximum absolute atomic E-state index is 14.0. The number of carbonyl (C=O) groups excluding carboxylic acids is 12. The number of benzene rings is 4. The minimum absolute atomic E-state index is 0.00471. The predicted octanol–water partition coefficient (Wildman–Crippen LogP) is 3.67. The largest absolute Gasteiger partial charge is 0.514 e. The van der Waals surface area contributed by atoms with E-state index >= 15 is 0 Å². The average molecular weight is 1340 g/mol. The highest BCUT2D eigenvalue weighted by atomic mass is 16.7. The van der Waals surface area contributed by atoms with Gasteiger partial charge in [0.25, 0.3) is 23.2 Å². The molecule has 4 aromatic rings. The number of hydrogen-bond donors (Lipinski definition) is 10. The molecule has 0 aliphatic carbocycles. The van der Waals surface area contributed by atoms with Gasteiger partial charge in [-0.25, -0.2) is 19.2 Å². The van der Waals surface area contributed by atoms with E-state index in [1.54, 1.807) is 56.9 Å². The number of anilines is 2. The van der Waals surface area contributed by atoms with Crippen molar-refractivity contribution in [2.45, 2.75) is 104 Å². The van der Waals surface area contributed by atoms with Gasteiger partial charge in [0.15, 0.2) is 0 Å². The zero-order valence-corrected chi connectivity index (χ0v) is 52.9. The van der Waals surface area contributed by atoms with Crippen molar-refractivity contribution < 1.29 is 86.3 Å². The molecular weight excluding hydrogens is 1260 g/mol. The number of non-ortho nitro benzene ring substituents is 2. The zero-order chi connectivity index (χ0) is 70.4. The molecule has 34 nitrogen and oxygen atoms in total. The monoisotopic (exact) mass is 1340 g/mol. The van der Waals surface area contributed by atoms with Gasteiger partial charge in [-0.15, -0.1) is 0 Å². The van der Waals surface area contributed by atoms with Crippen LogP contribution in [0.4, 0.5) is 41.9 Å². The van der Waals surface area contributed by atoms with Gasteiger partial charge in [-0.05, 0) is 97.2 Å². The summed E-state index contributed by atoms with van der Waals surface area (Å²) in [6.45, 7) is 5.93. The Hall–Kier alpha value is -11.6. The van der Waals surface area contributed by atoms with Gasteiger partial charge < -0.3 is 77.8 Å². The number of hydrogen-bond acceptors (Lipinski definition) is 21. The molecule has 34 heteroatoms. The van der Waals surface area contributed by atoms with Gasteiger partial charge in [-0.3, -0.25) is 63.5 Å². The normalized spacial score (nSPS) is 12.9. The molecular formula is C62H76N14O20. The molecule has 514 valence electrons. The van der Waals surface area contributed by atoms with E-state index < -0.39 is 117 Å².